The molecule has 7 N–H and O–H groups in total. The highest BCUT2D eigenvalue weighted by atomic mass is 19.4. The number of halogens is 3. The number of aryl methyl sites for hydroxylation is 1. The van der Waals surface area contributed by atoms with Crippen LogP contribution in [0.4, 0.5) is 19.0 Å². The summed E-state index contributed by atoms with van der Waals surface area (Å²) in [6.07, 6.45) is -3.51. The fraction of sp³-hybridized carbons (Fsp3) is 0.296. The van der Waals surface area contributed by atoms with Crippen LogP contribution in [0.2, 0.25) is 0 Å². The van der Waals surface area contributed by atoms with Crippen molar-refractivity contribution in [2.24, 2.45) is 16.6 Å². The van der Waals surface area contributed by atoms with Crippen LogP contribution in [0.1, 0.15) is 23.7 Å². The minimum atomic E-state index is -5.08. The van der Waals surface area contributed by atoms with Crippen LogP contribution >= 0.6 is 0 Å². The number of hydrogen-bond donors (Lipinski definition) is 5. The van der Waals surface area contributed by atoms with Gasteiger partial charge >= 0.3 is 12.1 Å². The number of guanidine groups is 1. The summed E-state index contributed by atoms with van der Waals surface area (Å²) in [5.41, 5.74) is 12.3. The Balaban J connectivity index is 0.000000782. The zero-order valence-electron chi connectivity index (χ0n) is 22.9. The monoisotopic (exact) mass is 591 g/mol. The molecule has 15 heteroatoms. The molecular weight excluding hydrogens is 559 g/mol. The van der Waals surface area contributed by atoms with Gasteiger partial charge in [-0.2, -0.15) is 13.2 Å². The van der Waals surface area contributed by atoms with Crippen LogP contribution < -0.4 is 27.7 Å². The Morgan fingerprint density at radius 3 is 2.05 bits per heavy atom. The van der Waals surface area contributed by atoms with Crippen molar-refractivity contribution in [2.75, 3.05) is 25.0 Å². The van der Waals surface area contributed by atoms with Crippen molar-refractivity contribution >= 4 is 23.7 Å². The fourth-order valence-electron chi connectivity index (χ4n) is 3.69. The van der Waals surface area contributed by atoms with Crippen LogP contribution in [-0.4, -0.2) is 58.4 Å². The molecule has 1 aromatic heterocycles. The smallest absolute Gasteiger partial charge is 0.475 e. The number of alkyl halides is 3. The lowest BCUT2D eigenvalue weighted by Gasteiger charge is -2.31. The number of anilines is 1. The molecule has 2 aromatic carbocycles. The van der Waals surface area contributed by atoms with Crippen molar-refractivity contribution in [3.8, 4) is 0 Å². The van der Waals surface area contributed by atoms with Gasteiger partial charge in [-0.25, -0.2) is 9.78 Å². The van der Waals surface area contributed by atoms with E-state index in [1.807, 2.05) is 36.4 Å². The quantitative estimate of drug-likeness (QED) is 0.0961. The standard InChI is InChI=1S/C25H31N7O3.C2HF3O2/c1-18-15-29-22(23(34)32(18)16-21(33)28-13-14-35-31-24(26)27)30-17-25(2,19-9-5-3-6-10-19)20-11-7-4-8-12-20;3-2(4,5)1(6)7/h3-12,15H,13-14,16-17H2,1-2H3,(H,28,33)(H,29,30)(H4,26,27,31);(H,6,7). The minimum absolute atomic E-state index is 0.0955. The number of nitrogens with zero attached hydrogens (tertiary/aromatic N) is 3. The van der Waals surface area contributed by atoms with Gasteiger partial charge < -0.3 is 32.0 Å². The first-order valence-corrected chi connectivity index (χ1v) is 12.4. The zero-order chi connectivity index (χ0) is 31.3. The molecule has 0 radical (unpaired) electrons. The number of nitrogens with one attached hydrogen (secondary N) is 2. The first-order chi connectivity index (χ1) is 19.8. The van der Waals surface area contributed by atoms with Crippen LogP contribution in [0.25, 0.3) is 0 Å². The van der Waals surface area contributed by atoms with Gasteiger partial charge in [0.05, 0.1) is 6.54 Å². The van der Waals surface area contributed by atoms with Gasteiger partial charge in [-0.05, 0) is 30.1 Å². The molecule has 0 bridgehead atoms. The maximum atomic E-state index is 13.2. The average molecular weight is 592 g/mol. The Kier molecular flexibility index (Phi) is 11.9. The van der Waals surface area contributed by atoms with Crippen LogP contribution in [0.15, 0.2) is 76.8 Å². The van der Waals surface area contributed by atoms with Gasteiger partial charge in [0.1, 0.15) is 13.2 Å². The summed E-state index contributed by atoms with van der Waals surface area (Å²) in [5, 5.41) is 16.4. The van der Waals surface area contributed by atoms with Crippen molar-refractivity contribution in [3.63, 3.8) is 0 Å². The normalized spacial score (nSPS) is 11.0. The number of hydrogen-bond acceptors (Lipinski definition) is 7. The Hall–Kier alpha value is -5.08. The first-order valence-electron chi connectivity index (χ1n) is 12.4. The molecule has 0 aliphatic heterocycles. The number of carbonyl (C=O) groups excluding carboxylic acids is 1. The Morgan fingerprint density at radius 2 is 1.57 bits per heavy atom. The number of rotatable bonds is 11. The number of aromatic nitrogens is 2. The van der Waals surface area contributed by atoms with E-state index < -0.39 is 17.6 Å². The summed E-state index contributed by atoms with van der Waals surface area (Å²) >= 11 is 0. The van der Waals surface area contributed by atoms with Gasteiger partial charge in [-0.3, -0.25) is 14.2 Å². The number of aliphatic carboxylic acids is 1. The summed E-state index contributed by atoms with van der Waals surface area (Å²) in [5.74, 6) is -3.13. The molecule has 1 amide bonds. The van der Waals surface area contributed by atoms with Crippen LogP contribution in [0.5, 0.6) is 0 Å². The first kappa shape index (κ1) is 33.1. The molecule has 0 aliphatic rings. The van der Waals surface area contributed by atoms with Gasteiger partial charge in [-0.15, -0.1) is 0 Å². The molecule has 0 fully saturated rings. The molecule has 3 aromatic rings. The molecule has 0 saturated carbocycles. The molecule has 12 nitrogen and oxygen atoms in total. The minimum Gasteiger partial charge on any atom is -0.475 e. The summed E-state index contributed by atoms with van der Waals surface area (Å²) < 4.78 is 33.1. The second-order valence-electron chi connectivity index (χ2n) is 9.06. The van der Waals surface area contributed by atoms with E-state index in [-0.39, 0.29) is 42.9 Å². The molecule has 42 heavy (non-hydrogen) atoms. The van der Waals surface area contributed by atoms with Gasteiger partial charge in [0.15, 0.2) is 5.82 Å². The number of benzene rings is 2. The number of nitrogens with two attached hydrogens (primary N) is 2. The lowest BCUT2D eigenvalue weighted by atomic mass is 9.76. The summed E-state index contributed by atoms with van der Waals surface area (Å²) in [7, 11) is 0. The third kappa shape index (κ3) is 9.83. The lowest BCUT2D eigenvalue weighted by molar-refractivity contribution is -0.192. The van der Waals surface area contributed by atoms with Crippen molar-refractivity contribution in [3.05, 3.63) is 94.0 Å². The molecule has 0 unspecified atom stereocenters. The van der Waals surface area contributed by atoms with E-state index in [2.05, 4.69) is 52.0 Å². The van der Waals surface area contributed by atoms with E-state index in [9.17, 15) is 22.8 Å². The zero-order valence-corrected chi connectivity index (χ0v) is 22.9. The molecule has 1 heterocycles. The van der Waals surface area contributed by atoms with E-state index in [4.69, 9.17) is 26.2 Å². The van der Waals surface area contributed by atoms with E-state index in [0.29, 0.717) is 12.2 Å². The Morgan fingerprint density at radius 1 is 1.05 bits per heavy atom. The van der Waals surface area contributed by atoms with Gasteiger partial charge in [0.2, 0.25) is 11.9 Å². The van der Waals surface area contributed by atoms with E-state index >= 15 is 0 Å². The number of carbonyl (C=O) groups is 2. The second-order valence-corrected chi connectivity index (χ2v) is 9.06. The highest BCUT2D eigenvalue weighted by Gasteiger charge is 2.38. The summed E-state index contributed by atoms with van der Waals surface area (Å²) in [4.78, 5) is 43.5. The Bertz CT molecular complexity index is 1370. The number of carboxylic acid groups (broad SMARTS) is 1. The Labute approximate surface area is 239 Å². The highest BCUT2D eigenvalue weighted by Crippen LogP contribution is 2.31. The van der Waals surface area contributed by atoms with E-state index in [1.165, 1.54) is 4.57 Å². The molecular formula is C27H32F3N7O5. The molecule has 3 rings (SSSR count). The van der Waals surface area contributed by atoms with Crippen LogP contribution in [0.3, 0.4) is 0 Å². The van der Waals surface area contributed by atoms with Crippen LogP contribution in [-0.2, 0) is 26.4 Å². The third-order valence-electron chi connectivity index (χ3n) is 5.91. The highest BCUT2D eigenvalue weighted by molar-refractivity contribution is 5.76. The third-order valence-corrected chi connectivity index (χ3v) is 5.91. The van der Waals surface area contributed by atoms with Crippen molar-refractivity contribution in [2.45, 2.75) is 32.0 Å². The predicted molar refractivity (Wildman–Crippen MR) is 150 cm³/mol. The van der Waals surface area contributed by atoms with Gasteiger partial charge in [0.25, 0.3) is 5.56 Å². The number of oxime groups is 1. The van der Waals surface area contributed by atoms with Crippen molar-refractivity contribution in [1.82, 2.24) is 14.9 Å². The predicted octanol–water partition coefficient (Wildman–Crippen LogP) is 1.92. The second kappa shape index (κ2) is 15.1. The molecule has 0 saturated heterocycles. The van der Waals surface area contributed by atoms with E-state index in [0.717, 1.165) is 11.1 Å². The maximum absolute atomic E-state index is 13.2. The number of amides is 1. The van der Waals surface area contributed by atoms with E-state index in [1.54, 1.807) is 13.1 Å². The van der Waals surface area contributed by atoms with Crippen molar-refractivity contribution in [1.29, 1.82) is 0 Å². The molecule has 0 atom stereocenters. The van der Waals surface area contributed by atoms with Gasteiger partial charge in [0, 0.05) is 23.9 Å². The largest absolute Gasteiger partial charge is 0.490 e. The molecule has 0 aliphatic carbocycles. The lowest BCUT2D eigenvalue weighted by Crippen LogP contribution is -2.38. The average Bonchev–Trinajstić information content (AvgIpc) is 2.95. The SMILES string of the molecule is Cc1cnc(NCC(C)(c2ccccc2)c2ccccc2)c(=O)n1CC(=O)NCCON=C(N)N.O=C(O)C(F)(F)F. The van der Waals surface area contributed by atoms with Crippen LogP contribution in [0, 0.1) is 6.92 Å². The molecule has 0 spiro atoms. The summed E-state index contributed by atoms with van der Waals surface area (Å²) in [6, 6.07) is 20.2. The van der Waals surface area contributed by atoms with Gasteiger partial charge in [-0.1, -0.05) is 60.7 Å². The topological polar surface area (TPSA) is 187 Å². The number of carboxylic acids is 1. The van der Waals surface area contributed by atoms with Crippen molar-refractivity contribution < 1.29 is 32.7 Å². The fourth-order valence-corrected chi connectivity index (χ4v) is 3.69. The maximum Gasteiger partial charge on any atom is 0.490 e. The summed E-state index contributed by atoms with van der Waals surface area (Å²) in [6.45, 7) is 4.41. The molecule has 226 valence electrons.